The van der Waals surface area contributed by atoms with Crippen LogP contribution in [0.4, 0.5) is 0 Å². The molecule has 0 spiro atoms. The van der Waals surface area contributed by atoms with Crippen molar-refractivity contribution < 1.29 is 0 Å². The Balaban J connectivity index is 2.70. The molecule has 2 atom stereocenters. The molecular formula is C5H6Cl2N2. The van der Waals surface area contributed by atoms with Crippen LogP contribution in [0, 0.1) is 0 Å². The summed E-state index contributed by atoms with van der Waals surface area (Å²) in [6.45, 7) is 1.88. The van der Waals surface area contributed by atoms with Crippen LogP contribution >= 0.6 is 23.2 Å². The average molecular weight is 165 g/mol. The van der Waals surface area contributed by atoms with Crippen molar-refractivity contribution in [1.29, 1.82) is 0 Å². The summed E-state index contributed by atoms with van der Waals surface area (Å²) in [5.41, 5.74) is 0.340. The van der Waals surface area contributed by atoms with Gasteiger partial charge in [0.2, 0.25) is 0 Å². The minimum atomic E-state index is -0.319. The molecule has 0 N–H and O–H groups in total. The number of rotatable bonds is 0. The van der Waals surface area contributed by atoms with Crippen LogP contribution in [0.5, 0.6) is 0 Å². The first kappa shape index (κ1) is 7.03. The van der Waals surface area contributed by atoms with E-state index < -0.39 is 0 Å². The highest BCUT2D eigenvalue weighted by Gasteiger charge is 2.11. The maximum Gasteiger partial charge on any atom is 0.165 e. The van der Waals surface area contributed by atoms with Gasteiger partial charge in [-0.1, -0.05) is 23.2 Å². The highest BCUT2D eigenvalue weighted by atomic mass is 35.5. The fourth-order valence-electron chi connectivity index (χ4n) is 0.543. The molecule has 1 aliphatic rings. The molecule has 0 aromatic heterocycles. The zero-order valence-electron chi connectivity index (χ0n) is 4.88. The maximum absolute atomic E-state index is 5.65. The number of hydrogen-bond acceptors (Lipinski definition) is 2. The standard InChI is InChI=1S/C5H6Cl2N2/c1-3-2-4(6)8-9-5(3)7/h2,4-5H,1H3/t4-,5-/m0/s1. The van der Waals surface area contributed by atoms with E-state index in [1.165, 1.54) is 0 Å². The van der Waals surface area contributed by atoms with Gasteiger partial charge in [0.15, 0.2) is 11.0 Å². The van der Waals surface area contributed by atoms with E-state index in [0.717, 1.165) is 5.57 Å². The smallest absolute Gasteiger partial charge is 0.165 e. The number of azo groups is 1. The fraction of sp³-hybridized carbons (Fsp3) is 0.600. The Kier molecular flexibility index (Phi) is 2.09. The SMILES string of the molecule is CC1=C[C@@H](Cl)N=N[C@@H]1Cl. The second-order valence-corrected chi connectivity index (χ2v) is 2.71. The Labute approximate surface area is 63.6 Å². The van der Waals surface area contributed by atoms with Crippen LogP contribution in [-0.4, -0.2) is 11.0 Å². The van der Waals surface area contributed by atoms with E-state index in [1.54, 1.807) is 6.08 Å². The van der Waals surface area contributed by atoms with Crippen molar-refractivity contribution in [3.63, 3.8) is 0 Å². The van der Waals surface area contributed by atoms with Gasteiger partial charge in [-0.3, -0.25) is 0 Å². The minimum Gasteiger partial charge on any atom is -0.168 e. The summed E-state index contributed by atoms with van der Waals surface area (Å²) in [5.74, 6) is 0. The van der Waals surface area contributed by atoms with Crippen molar-refractivity contribution in [2.24, 2.45) is 10.2 Å². The number of alkyl halides is 2. The molecule has 0 unspecified atom stereocenters. The van der Waals surface area contributed by atoms with Crippen molar-refractivity contribution in [2.45, 2.75) is 17.9 Å². The van der Waals surface area contributed by atoms with E-state index in [0.29, 0.717) is 0 Å². The van der Waals surface area contributed by atoms with Crippen molar-refractivity contribution >= 4 is 23.2 Å². The summed E-state index contributed by atoms with van der Waals surface area (Å²) in [5, 5.41) is 7.33. The maximum atomic E-state index is 5.65. The fourth-order valence-corrected chi connectivity index (χ4v) is 0.915. The second-order valence-electron chi connectivity index (χ2n) is 1.85. The zero-order chi connectivity index (χ0) is 6.85. The van der Waals surface area contributed by atoms with Crippen LogP contribution in [0.1, 0.15) is 6.92 Å². The highest BCUT2D eigenvalue weighted by Crippen LogP contribution is 2.19. The van der Waals surface area contributed by atoms with E-state index >= 15 is 0 Å². The lowest BCUT2D eigenvalue weighted by Crippen LogP contribution is -2.04. The molecule has 0 aromatic carbocycles. The van der Waals surface area contributed by atoms with Crippen LogP contribution in [-0.2, 0) is 0 Å². The number of hydrogen-bond donors (Lipinski definition) is 0. The largest absolute Gasteiger partial charge is 0.168 e. The van der Waals surface area contributed by atoms with E-state index in [9.17, 15) is 0 Å². The highest BCUT2D eigenvalue weighted by molar-refractivity contribution is 6.23. The molecule has 1 rings (SSSR count). The topological polar surface area (TPSA) is 24.7 Å². The summed E-state index contributed by atoms with van der Waals surface area (Å²) < 4.78 is 0. The van der Waals surface area contributed by atoms with E-state index in [-0.39, 0.29) is 11.0 Å². The Bertz CT molecular complexity index is 164. The Morgan fingerprint density at radius 3 is 2.56 bits per heavy atom. The van der Waals surface area contributed by atoms with Crippen molar-refractivity contribution in [1.82, 2.24) is 0 Å². The first-order valence-electron chi connectivity index (χ1n) is 2.56. The zero-order valence-corrected chi connectivity index (χ0v) is 6.39. The third-order valence-corrected chi connectivity index (χ3v) is 1.70. The normalized spacial score (nSPS) is 34.3. The van der Waals surface area contributed by atoms with Gasteiger partial charge in [0.25, 0.3) is 0 Å². The molecule has 9 heavy (non-hydrogen) atoms. The van der Waals surface area contributed by atoms with Gasteiger partial charge in [0.1, 0.15) is 0 Å². The first-order valence-corrected chi connectivity index (χ1v) is 3.44. The van der Waals surface area contributed by atoms with Gasteiger partial charge in [0, 0.05) is 0 Å². The monoisotopic (exact) mass is 164 g/mol. The molecule has 50 valence electrons. The van der Waals surface area contributed by atoms with Gasteiger partial charge in [-0.05, 0) is 18.6 Å². The molecule has 0 saturated heterocycles. The summed E-state index contributed by atoms with van der Waals surface area (Å²) in [6, 6.07) is 0. The number of nitrogens with zero attached hydrogens (tertiary/aromatic N) is 2. The molecule has 4 heteroatoms. The van der Waals surface area contributed by atoms with Crippen LogP contribution in [0.3, 0.4) is 0 Å². The van der Waals surface area contributed by atoms with Crippen molar-refractivity contribution in [3.05, 3.63) is 11.6 Å². The van der Waals surface area contributed by atoms with Gasteiger partial charge < -0.3 is 0 Å². The third kappa shape index (κ3) is 1.66. The Hall–Kier alpha value is -0.0800. The summed E-state index contributed by atoms with van der Waals surface area (Å²) in [6.07, 6.45) is 1.78. The molecule has 0 saturated carbocycles. The number of halogens is 2. The molecule has 0 radical (unpaired) electrons. The van der Waals surface area contributed by atoms with Crippen molar-refractivity contribution in [3.8, 4) is 0 Å². The van der Waals surface area contributed by atoms with Gasteiger partial charge >= 0.3 is 0 Å². The van der Waals surface area contributed by atoms with Gasteiger partial charge in [-0.25, -0.2) is 0 Å². The predicted octanol–water partition coefficient (Wildman–Crippen LogP) is 2.53. The third-order valence-electron chi connectivity index (χ3n) is 1.05. The van der Waals surface area contributed by atoms with Crippen LogP contribution in [0.2, 0.25) is 0 Å². The summed E-state index contributed by atoms with van der Waals surface area (Å²) >= 11 is 11.2. The molecule has 0 aromatic rings. The molecule has 0 aliphatic carbocycles. The molecule has 1 aliphatic heterocycles. The molecule has 0 bridgehead atoms. The van der Waals surface area contributed by atoms with Crippen LogP contribution < -0.4 is 0 Å². The molecule has 1 heterocycles. The second kappa shape index (κ2) is 2.67. The predicted molar refractivity (Wildman–Crippen MR) is 37.9 cm³/mol. The summed E-state index contributed by atoms with van der Waals surface area (Å²) in [7, 11) is 0. The average Bonchev–Trinajstić information content (AvgIpc) is 1.80. The van der Waals surface area contributed by atoms with Gasteiger partial charge in [0.05, 0.1) is 0 Å². The van der Waals surface area contributed by atoms with E-state index in [4.69, 9.17) is 23.2 Å². The quantitative estimate of drug-likeness (QED) is 0.299. The Morgan fingerprint density at radius 2 is 2.11 bits per heavy atom. The Morgan fingerprint density at radius 1 is 1.44 bits per heavy atom. The lowest BCUT2D eigenvalue weighted by Gasteiger charge is -2.09. The van der Waals surface area contributed by atoms with Crippen molar-refractivity contribution in [2.75, 3.05) is 0 Å². The first-order chi connectivity index (χ1) is 4.20. The van der Waals surface area contributed by atoms with E-state index in [2.05, 4.69) is 10.2 Å². The van der Waals surface area contributed by atoms with Crippen LogP contribution in [0.25, 0.3) is 0 Å². The minimum absolute atomic E-state index is 0.306. The summed E-state index contributed by atoms with van der Waals surface area (Å²) in [4.78, 5) is 0. The lowest BCUT2D eigenvalue weighted by atomic mass is 10.3. The molecule has 2 nitrogen and oxygen atoms in total. The molecule has 0 fully saturated rings. The van der Waals surface area contributed by atoms with Crippen LogP contribution in [0.15, 0.2) is 21.9 Å². The lowest BCUT2D eigenvalue weighted by molar-refractivity contribution is 0.820. The van der Waals surface area contributed by atoms with E-state index in [1.807, 2.05) is 6.92 Å². The van der Waals surface area contributed by atoms with Gasteiger partial charge in [-0.15, -0.1) is 0 Å². The molecule has 0 amide bonds. The molecular weight excluding hydrogens is 159 g/mol. The van der Waals surface area contributed by atoms with Gasteiger partial charge in [-0.2, -0.15) is 10.2 Å².